The summed E-state index contributed by atoms with van der Waals surface area (Å²) in [5.41, 5.74) is -0.303. The molecule has 50 valence electrons. The maximum atomic E-state index is 9.87. The standard InChI is InChI=1S/C5H6O4.Na/c1-3(5(8)9)2-4(6)7;/h1-2H2,(H,6,7)(H,8,9);/q;+1. The van der Waals surface area contributed by atoms with Gasteiger partial charge in [-0.15, -0.1) is 0 Å². The van der Waals surface area contributed by atoms with Crippen molar-refractivity contribution in [1.82, 2.24) is 0 Å². The topological polar surface area (TPSA) is 74.6 Å². The predicted molar refractivity (Wildman–Crippen MR) is 29.0 cm³/mol. The molecule has 0 saturated carbocycles. The van der Waals surface area contributed by atoms with Gasteiger partial charge in [-0.05, 0) is 0 Å². The summed E-state index contributed by atoms with van der Waals surface area (Å²) in [5, 5.41) is 16.1. The van der Waals surface area contributed by atoms with Gasteiger partial charge in [0.15, 0.2) is 0 Å². The van der Waals surface area contributed by atoms with Gasteiger partial charge in [-0.3, -0.25) is 4.79 Å². The summed E-state index contributed by atoms with van der Waals surface area (Å²) in [6.07, 6.45) is -0.505. The van der Waals surface area contributed by atoms with Gasteiger partial charge in [0.1, 0.15) is 0 Å². The first-order chi connectivity index (χ1) is 4.04. The SMILES string of the molecule is C=C(CC(=O)O)C(=O)O.[Na+]. The number of hydrogen-bond acceptors (Lipinski definition) is 2. The fraction of sp³-hybridized carbons (Fsp3) is 0.200. The minimum atomic E-state index is -1.27. The summed E-state index contributed by atoms with van der Waals surface area (Å²) < 4.78 is 0. The molecule has 0 aliphatic rings. The van der Waals surface area contributed by atoms with E-state index in [1.807, 2.05) is 0 Å². The third-order valence-corrected chi connectivity index (χ3v) is 0.667. The molecule has 0 rings (SSSR count). The number of hydrogen-bond donors (Lipinski definition) is 2. The van der Waals surface area contributed by atoms with Gasteiger partial charge in [-0.25, -0.2) is 4.79 Å². The van der Waals surface area contributed by atoms with Gasteiger partial charge in [0, 0.05) is 5.57 Å². The summed E-state index contributed by atoms with van der Waals surface area (Å²) >= 11 is 0. The van der Waals surface area contributed by atoms with Crippen LogP contribution in [0.2, 0.25) is 0 Å². The van der Waals surface area contributed by atoms with Crippen molar-refractivity contribution in [2.75, 3.05) is 0 Å². The fourth-order valence-corrected chi connectivity index (χ4v) is 0.258. The Kier molecular flexibility index (Phi) is 6.76. The molecule has 2 N–H and O–H groups in total. The van der Waals surface area contributed by atoms with Crippen LogP contribution in [-0.2, 0) is 9.59 Å². The Hall–Kier alpha value is -0.320. The van der Waals surface area contributed by atoms with Gasteiger partial charge in [-0.2, -0.15) is 0 Å². The van der Waals surface area contributed by atoms with Crippen LogP contribution in [0.1, 0.15) is 6.42 Å². The molecule has 0 atom stereocenters. The molecule has 0 amide bonds. The largest absolute Gasteiger partial charge is 1.00 e. The second kappa shape index (κ2) is 5.46. The van der Waals surface area contributed by atoms with Crippen molar-refractivity contribution in [2.45, 2.75) is 6.42 Å². The van der Waals surface area contributed by atoms with E-state index in [4.69, 9.17) is 10.2 Å². The van der Waals surface area contributed by atoms with Crippen LogP contribution in [0.5, 0.6) is 0 Å². The molecule has 5 heteroatoms. The maximum absolute atomic E-state index is 9.87. The summed E-state index contributed by atoms with van der Waals surface area (Å²) in [4.78, 5) is 19.7. The zero-order valence-electron chi connectivity index (χ0n) is 5.63. The average molecular weight is 153 g/mol. The molecule has 0 aliphatic carbocycles. The number of rotatable bonds is 3. The van der Waals surface area contributed by atoms with Gasteiger partial charge in [0.05, 0.1) is 6.42 Å². The number of carboxylic acid groups (broad SMARTS) is 2. The minimum Gasteiger partial charge on any atom is -0.481 e. The molecular weight excluding hydrogens is 147 g/mol. The van der Waals surface area contributed by atoms with Gasteiger partial charge >= 0.3 is 41.5 Å². The van der Waals surface area contributed by atoms with E-state index in [1.165, 1.54) is 0 Å². The normalized spacial score (nSPS) is 7.60. The number of carboxylic acids is 2. The molecule has 0 aromatic rings. The van der Waals surface area contributed by atoms with Crippen LogP contribution >= 0.6 is 0 Å². The third-order valence-electron chi connectivity index (χ3n) is 0.667. The van der Waals surface area contributed by atoms with Gasteiger partial charge < -0.3 is 10.2 Å². The Morgan fingerprint density at radius 2 is 1.70 bits per heavy atom. The molecule has 0 aromatic carbocycles. The second-order valence-corrected chi connectivity index (χ2v) is 1.48. The van der Waals surface area contributed by atoms with E-state index in [0.29, 0.717) is 0 Å². The quantitative estimate of drug-likeness (QED) is 0.337. The first-order valence-electron chi connectivity index (χ1n) is 2.17. The monoisotopic (exact) mass is 153 g/mol. The van der Waals surface area contributed by atoms with E-state index in [0.717, 1.165) is 0 Å². The van der Waals surface area contributed by atoms with E-state index in [9.17, 15) is 9.59 Å². The second-order valence-electron chi connectivity index (χ2n) is 1.48. The molecule has 0 radical (unpaired) electrons. The Morgan fingerprint density at radius 1 is 1.30 bits per heavy atom. The molecule has 0 spiro atoms. The van der Waals surface area contributed by atoms with Crippen LogP contribution in [0.3, 0.4) is 0 Å². The van der Waals surface area contributed by atoms with Crippen LogP contribution in [0.15, 0.2) is 12.2 Å². The maximum Gasteiger partial charge on any atom is 1.00 e. The van der Waals surface area contributed by atoms with E-state index >= 15 is 0 Å². The first kappa shape index (κ1) is 12.4. The molecule has 0 unspecified atom stereocenters. The minimum absolute atomic E-state index is 0. The molecule has 0 bridgehead atoms. The average Bonchev–Trinajstić information content (AvgIpc) is 1.63. The van der Waals surface area contributed by atoms with E-state index < -0.39 is 18.4 Å². The summed E-state index contributed by atoms with van der Waals surface area (Å²) in [5.74, 6) is -2.44. The Morgan fingerprint density at radius 3 is 1.80 bits per heavy atom. The zero-order valence-corrected chi connectivity index (χ0v) is 7.63. The Balaban J connectivity index is 0. The van der Waals surface area contributed by atoms with Crippen LogP contribution in [0, 0.1) is 0 Å². The van der Waals surface area contributed by atoms with Crippen molar-refractivity contribution in [1.29, 1.82) is 0 Å². The van der Waals surface area contributed by atoms with Gasteiger partial charge in [-0.1, -0.05) is 6.58 Å². The van der Waals surface area contributed by atoms with Gasteiger partial charge in [0.25, 0.3) is 0 Å². The zero-order chi connectivity index (χ0) is 7.44. The number of aliphatic carboxylic acids is 2. The van der Waals surface area contributed by atoms with Crippen LogP contribution in [-0.4, -0.2) is 22.2 Å². The van der Waals surface area contributed by atoms with Crippen LogP contribution in [0.25, 0.3) is 0 Å². The molecule has 0 heterocycles. The van der Waals surface area contributed by atoms with E-state index in [1.54, 1.807) is 0 Å². The molecule has 0 aromatic heterocycles. The Bertz CT molecular complexity index is 163. The smallest absolute Gasteiger partial charge is 0.481 e. The molecule has 4 nitrogen and oxygen atoms in total. The molecular formula is C5H6NaO4+. The first-order valence-corrected chi connectivity index (χ1v) is 2.17. The molecule has 0 saturated heterocycles. The third kappa shape index (κ3) is 5.81. The van der Waals surface area contributed by atoms with Crippen molar-refractivity contribution >= 4 is 11.9 Å². The summed E-state index contributed by atoms with van der Waals surface area (Å²) in [7, 11) is 0. The van der Waals surface area contributed by atoms with Gasteiger partial charge in [0.2, 0.25) is 0 Å². The number of carbonyl (C=O) groups is 2. The van der Waals surface area contributed by atoms with Crippen molar-refractivity contribution in [2.24, 2.45) is 0 Å². The van der Waals surface area contributed by atoms with Crippen LogP contribution < -0.4 is 29.6 Å². The molecule has 0 aliphatic heterocycles. The van der Waals surface area contributed by atoms with E-state index in [-0.39, 0.29) is 35.1 Å². The summed E-state index contributed by atoms with van der Waals surface area (Å²) in [6.45, 7) is 3.01. The summed E-state index contributed by atoms with van der Waals surface area (Å²) in [6, 6.07) is 0. The van der Waals surface area contributed by atoms with Crippen molar-refractivity contribution in [3.63, 3.8) is 0 Å². The van der Waals surface area contributed by atoms with Crippen molar-refractivity contribution in [3.8, 4) is 0 Å². The van der Waals surface area contributed by atoms with Crippen molar-refractivity contribution in [3.05, 3.63) is 12.2 Å². The van der Waals surface area contributed by atoms with Crippen molar-refractivity contribution < 1.29 is 49.4 Å². The Labute approximate surface area is 79.8 Å². The van der Waals surface area contributed by atoms with Crippen LogP contribution in [0.4, 0.5) is 0 Å². The molecule has 0 fully saturated rings. The van der Waals surface area contributed by atoms with E-state index in [2.05, 4.69) is 6.58 Å². The molecule has 10 heavy (non-hydrogen) atoms. The fourth-order valence-electron chi connectivity index (χ4n) is 0.258. The predicted octanol–water partition coefficient (Wildman–Crippen LogP) is -2.89.